The molecular weight excluding hydrogens is 324 g/mol. The molecule has 2 unspecified atom stereocenters. The minimum absolute atomic E-state index is 0.0231. The van der Waals surface area contributed by atoms with Crippen LogP contribution in [0.1, 0.15) is 66.7 Å². The number of ether oxygens (including phenoxy) is 1. The Balaban J connectivity index is 2.81. The highest BCUT2D eigenvalue weighted by Crippen LogP contribution is 2.26. The second-order valence-electron chi connectivity index (χ2n) is 7.77. The standard InChI is InChI=1S/C18H32N2O5/c1-6-8-9-13(7-2)14(21)20-11-10-18(12-20,15(22)23)19-16(24)25-17(3,4)5/h13H,6-12H2,1-5H3,(H,19,24)(H,22,23). The largest absolute Gasteiger partial charge is 0.479 e. The van der Waals surface area contributed by atoms with Crippen LogP contribution in [0.4, 0.5) is 4.79 Å². The molecule has 1 fully saturated rings. The molecule has 0 radical (unpaired) electrons. The van der Waals surface area contributed by atoms with Crippen LogP contribution in [-0.2, 0) is 14.3 Å². The van der Waals surface area contributed by atoms with Crippen LogP contribution in [0.15, 0.2) is 0 Å². The van der Waals surface area contributed by atoms with Gasteiger partial charge in [0.2, 0.25) is 5.91 Å². The van der Waals surface area contributed by atoms with Gasteiger partial charge in [0.1, 0.15) is 5.60 Å². The van der Waals surface area contributed by atoms with E-state index in [2.05, 4.69) is 12.2 Å². The predicted molar refractivity (Wildman–Crippen MR) is 94.2 cm³/mol. The molecule has 2 amide bonds. The topological polar surface area (TPSA) is 95.9 Å². The van der Waals surface area contributed by atoms with E-state index in [1.165, 1.54) is 0 Å². The molecule has 144 valence electrons. The van der Waals surface area contributed by atoms with Crippen molar-refractivity contribution in [1.82, 2.24) is 10.2 Å². The van der Waals surface area contributed by atoms with Gasteiger partial charge in [0.25, 0.3) is 0 Å². The minimum Gasteiger partial charge on any atom is -0.479 e. The Morgan fingerprint density at radius 2 is 1.92 bits per heavy atom. The summed E-state index contributed by atoms with van der Waals surface area (Å²) in [6, 6.07) is 0. The van der Waals surface area contributed by atoms with Crippen LogP contribution in [0, 0.1) is 5.92 Å². The van der Waals surface area contributed by atoms with E-state index in [1.54, 1.807) is 25.7 Å². The summed E-state index contributed by atoms with van der Waals surface area (Å²) in [4.78, 5) is 38.1. The third-order valence-corrected chi connectivity index (χ3v) is 4.48. The summed E-state index contributed by atoms with van der Waals surface area (Å²) >= 11 is 0. The second-order valence-corrected chi connectivity index (χ2v) is 7.77. The lowest BCUT2D eigenvalue weighted by Crippen LogP contribution is -2.57. The molecule has 0 aromatic heterocycles. The number of hydrogen-bond acceptors (Lipinski definition) is 4. The average Bonchev–Trinajstić information content (AvgIpc) is 2.91. The molecule has 1 aliphatic rings. The van der Waals surface area contributed by atoms with Crippen molar-refractivity contribution in [2.24, 2.45) is 5.92 Å². The first-order valence-corrected chi connectivity index (χ1v) is 9.08. The first kappa shape index (κ1) is 21.3. The van der Waals surface area contributed by atoms with Crippen LogP contribution in [0.25, 0.3) is 0 Å². The number of rotatable bonds is 7. The fourth-order valence-electron chi connectivity index (χ4n) is 3.04. The lowest BCUT2D eigenvalue weighted by Gasteiger charge is -2.29. The zero-order valence-electron chi connectivity index (χ0n) is 16.1. The van der Waals surface area contributed by atoms with Gasteiger partial charge in [-0.05, 0) is 33.6 Å². The molecule has 25 heavy (non-hydrogen) atoms. The van der Waals surface area contributed by atoms with Gasteiger partial charge in [-0.3, -0.25) is 4.79 Å². The Kier molecular flexibility index (Phi) is 7.26. The monoisotopic (exact) mass is 356 g/mol. The summed E-state index contributed by atoms with van der Waals surface area (Å²) in [5.74, 6) is -1.26. The highest BCUT2D eigenvalue weighted by Gasteiger charge is 2.48. The smallest absolute Gasteiger partial charge is 0.408 e. The van der Waals surface area contributed by atoms with Crippen LogP contribution in [-0.4, -0.2) is 52.2 Å². The van der Waals surface area contributed by atoms with E-state index < -0.39 is 23.2 Å². The van der Waals surface area contributed by atoms with Gasteiger partial charge in [0.05, 0.1) is 6.54 Å². The van der Waals surface area contributed by atoms with Crippen molar-refractivity contribution in [3.05, 3.63) is 0 Å². The first-order chi connectivity index (χ1) is 11.5. The number of nitrogens with one attached hydrogen (secondary N) is 1. The highest BCUT2D eigenvalue weighted by atomic mass is 16.6. The maximum absolute atomic E-state index is 12.7. The molecule has 1 aliphatic heterocycles. The van der Waals surface area contributed by atoms with Crippen LogP contribution < -0.4 is 5.32 Å². The molecule has 7 nitrogen and oxygen atoms in total. The van der Waals surface area contributed by atoms with E-state index in [9.17, 15) is 19.5 Å². The molecule has 2 atom stereocenters. The van der Waals surface area contributed by atoms with Gasteiger partial charge in [-0.1, -0.05) is 26.7 Å². The van der Waals surface area contributed by atoms with Crippen LogP contribution in [0.3, 0.4) is 0 Å². The number of hydrogen-bond donors (Lipinski definition) is 2. The molecule has 0 saturated carbocycles. The Hall–Kier alpha value is -1.79. The van der Waals surface area contributed by atoms with Gasteiger partial charge in [-0.25, -0.2) is 9.59 Å². The van der Waals surface area contributed by atoms with Crippen LogP contribution >= 0.6 is 0 Å². The normalized spacial score (nSPS) is 21.7. The zero-order chi connectivity index (χ0) is 19.3. The Morgan fingerprint density at radius 3 is 2.40 bits per heavy atom. The van der Waals surface area contributed by atoms with Crippen molar-refractivity contribution < 1.29 is 24.2 Å². The molecule has 0 spiro atoms. The SMILES string of the molecule is CCCCC(CC)C(=O)N1CCC(NC(=O)OC(C)(C)C)(C(=O)O)C1. The molecule has 7 heteroatoms. The number of carbonyl (C=O) groups is 3. The van der Waals surface area contributed by atoms with Gasteiger partial charge >= 0.3 is 12.1 Å². The van der Waals surface area contributed by atoms with E-state index in [4.69, 9.17) is 4.74 Å². The third kappa shape index (κ3) is 5.90. The van der Waals surface area contributed by atoms with Crippen molar-refractivity contribution in [3.63, 3.8) is 0 Å². The van der Waals surface area contributed by atoms with Gasteiger partial charge in [0.15, 0.2) is 5.54 Å². The highest BCUT2D eigenvalue weighted by molar-refractivity contribution is 5.87. The molecule has 1 saturated heterocycles. The van der Waals surface area contributed by atoms with Crippen molar-refractivity contribution in [3.8, 4) is 0 Å². The van der Waals surface area contributed by atoms with E-state index >= 15 is 0 Å². The average molecular weight is 356 g/mol. The quantitative estimate of drug-likeness (QED) is 0.731. The van der Waals surface area contributed by atoms with E-state index in [-0.39, 0.29) is 24.8 Å². The summed E-state index contributed by atoms with van der Waals surface area (Å²) in [5, 5.41) is 12.1. The van der Waals surface area contributed by atoms with Crippen molar-refractivity contribution in [2.75, 3.05) is 13.1 Å². The molecular formula is C18H32N2O5. The van der Waals surface area contributed by atoms with Crippen LogP contribution in [0.2, 0.25) is 0 Å². The number of carboxylic acids is 1. The lowest BCUT2D eigenvalue weighted by molar-refractivity contribution is -0.145. The molecule has 0 aliphatic carbocycles. The summed E-state index contributed by atoms with van der Waals surface area (Å²) < 4.78 is 5.18. The molecule has 0 aromatic carbocycles. The molecule has 1 heterocycles. The van der Waals surface area contributed by atoms with E-state index in [1.807, 2.05) is 6.92 Å². The Labute approximate surface area is 150 Å². The fourth-order valence-corrected chi connectivity index (χ4v) is 3.04. The summed E-state index contributed by atoms with van der Waals surface area (Å²) in [6.07, 6.45) is 2.93. The lowest BCUT2D eigenvalue weighted by atomic mass is 9.97. The van der Waals surface area contributed by atoms with Crippen molar-refractivity contribution >= 4 is 18.0 Å². The maximum atomic E-state index is 12.7. The second kappa shape index (κ2) is 8.54. The van der Waals surface area contributed by atoms with E-state index in [0.29, 0.717) is 6.54 Å². The number of alkyl carbamates (subject to hydrolysis) is 1. The number of nitrogens with zero attached hydrogens (tertiary/aromatic N) is 1. The number of unbranched alkanes of at least 4 members (excludes halogenated alkanes) is 1. The van der Waals surface area contributed by atoms with Gasteiger partial charge in [-0.15, -0.1) is 0 Å². The van der Waals surface area contributed by atoms with Crippen molar-refractivity contribution in [1.29, 1.82) is 0 Å². The summed E-state index contributed by atoms with van der Waals surface area (Å²) in [7, 11) is 0. The van der Waals surface area contributed by atoms with E-state index in [0.717, 1.165) is 25.7 Å². The first-order valence-electron chi connectivity index (χ1n) is 9.08. The third-order valence-electron chi connectivity index (χ3n) is 4.48. The number of aliphatic carboxylic acids is 1. The summed E-state index contributed by atoms with van der Waals surface area (Å²) in [5.41, 5.74) is -2.20. The molecule has 1 rings (SSSR count). The number of amides is 2. The zero-order valence-corrected chi connectivity index (χ0v) is 16.1. The molecule has 0 bridgehead atoms. The number of carbonyl (C=O) groups excluding carboxylic acids is 2. The number of likely N-dealkylation sites (tertiary alicyclic amines) is 1. The number of carboxylic acid groups (broad SMARTS) is 1. The predicted octanol–water partition coefficient (Wildman–Crippen LogP) is 2.78. The summed E-state index contributed by atoms with van der Waals surface area (Å²) in [6.45, 7) is 9.48. The van der Waals surface area contributed by atoms with Gasteiger partial charge in [0, 0.05) is 18.9 Å². The molecule has 2 N–H and O–H groups in total. The fraction of sp³-hybridized carbons (Fsp3) is 0.833. The Morgan fingerprint density at radius 1 is 1.28 bits per heavy atom. The van der Waals surface area contributed by atoms with Crippen LogP contribution in [0.5, 0.6) is 0 Å². The molecule has 0 aromatic rings. The maximum Gasteiger partial charge on any atom is 0.408 e. The van der Waals surface area contributed by atoms with Gasteiger partial charge < -0.3 is 20.1 Å². The van der Waals surface area contributed by atoms with Gasteiger partial charge in [-0.2, -0.15) is 0 Å². The van der Waals surface area contributed by atoms with Crippen molar-refractivity contribution in [2.45, 2.75) is 77.9 Å². The minimum atomic E-state index is -1.49. The Bertz CT molecular complexity index is 500.